The Hall–Kier alpha value is -1.24. The van der Waals surface area contributed by atoms with Gasteiger partial charge in [0, 0.05) is 6.92 Å². The van der Waals surface area contributed by atoms with Gasteiger partial charge in [-0.05, 0) is 25.5 Å². The van der Waals surface area contributed by atoms with Gasteiger partial charge in [0.25, 0.3) is 0 Å². The molecular formula is C14H20O6. The van der Waals surface area contributed by atoms with Crippen molar-refractivity contribution in [2.75, 3.05) is 0 Å². The highest BCUT2D eigenvalue weighted by Crippen LogP contribution is 2.41. The van der Waals surface area contributed by atoms with Gasteiger partial charge in [-0.1, -0.05) is 6.92 Å². The van der Waals surface area contributed by atoms with E-state index in [4.69, 9.17) is 9.47 Å². The molecule has 0 spiro atoms. The Balaban J connectivity index is 2.20. The fourth-order valence-corrected chi connectivity index (χ4v) is 2.52. The van der Waals surface area contributed by atoms with Gasteiger partial charge in [0.1, 0.15) is 24.4 Å². The summed E-state index contributed by atoms with van der Waals surface area (Å²) < 4.78 is 10.4. The molecule has 0 saturated carbocycles. The van der Waals surface area contributed by atoms with Crippen molar-refractivity contribution in [2.45, 2.75) is 57.7 Å². The van der Waals surface area contributed by atoms with Crippen LogP contribution in [-0.4, -0.2) is 52.0 Å². The van der Waals surface area contributed by atoms with E-state index in [1.165, 1.54) is 13.0 Å². The number of aliphatic hydroxyl groups excluding tert-OH is 1. The van der Waals surface area contributed by atoms with Crippen molar-refractivity contribution in [3.8, 4) is 0 Å². The van der Waals surface area contributed by atoms with Gasteiger partial charge in [-0.15, -0.1) is 0 Å². The van der Waals surface area contributed by atoms with Crippen molar-refractivity contribution in [3.05, 3.63) is 11.6 Å². The summed E-state index contributed by atoms with van der Waals surface area (Å²) in [4.78, 5) is 23.0. The molecule has 2 aliphatic rings. The number of esters is 1. The highest BCUT2D eigenvalue weighted by atomic mass is 16.6. The predicted octanol–water partition coefficient (Wildman–Crippen LogP) is -0.0375. The van der Waals surface area contributed by atoms with Crippen LogP contribution < -0.4 is 0 Å². The van der Waals surface area contributed by atoms with Crippen LogP contribution in [0.25, 0.3) is 0 Å². The average Bonchev–Trinajstić information content (AvgIpc) is 3.08. The molecule has 1 fully saturated rings. The summed E-state index contributed by atoms with van der Waals surface area (Å²) in [7, 11) is 0. The molecule has 0 amide bonds. The number of carbonyl (C=O) groups excluding carboxylic acids is 2. The van der Waals surface area contributed by atoms with Crippen molar-refractivity contribution >= 4 is 11.8 Å². The van der Waals surface area contributed by atoms with Crippen molar-refractivity contribution in [1.29, 1.82) is 0 Å². The lowest BCUT2D eigenvalue weighted by atomic mass is 9.82. The van der Waals surface area contributed by atoms with Crippen LogP contribution >= 0.6 is 0 Å². The van der Waals surface area contributed by atoms with E-state index >= 15 is 0 Å². The number of hydrogen-bond acceptors (Lipinski definition) is 6. The highest BCUT2D eigenvalue weighted by Gasteiger charge is 2.55. The molecule has 5 atom stereocenters. The normalized spacial score (nSPS) is 37.4. The van der Waals surface area contributed by atoms with Crippen molar-refractivity contribution in [3.63, 3.8) is 0 Å². The maximum atomic E-state index is 11.9. The predicted molar refractivity (Wildman–Crippen MR) is 68.8 cm³/mol. The van der Waals surface area contributed by atoms with Gasteiger partial charge >= 0.3 is 5.97 Å². The first-order valence-electron chi connectivity index (χ1n) is 6.61. The zero-order chi connectivity index (χ0) is 15.2. The van der Waals surface area contributed by atoms with Gasteiger partial charge in [-0.3, -0.25) is 9.59 Å². The molecular weight excluding hydrogens is 264 g/mol. The molecule has 20 heavy (non-hydrogen) atoms. The molecule has 1 aliphatic heterocycles. The number of ketones is 1. The van der Waals surface area contributed by atoms with Crippen LogP contribution in [0, 0.1) is 5.92 Å². The smallest absolute Gasteiger partial charge is 0.303 e. The Morgan fingerprint density at radius 3 is 2.50 bits per heavy atom. The molecule has 2 rings (SSSR count). The van der Waals surface area contributed by atoms with Crippen LogP contribution in [0.15, 0.2) is 11.6 Å². The quantitative estimate of drug-likeness (QED) is 0.558. The Bertz CT molecular complexity index is 461. The van der Waals surface area contributed by atoms with E-state index < -0.39 is 41.9 Å². The van der Waals surface area contributed by atoms with E-state index in [0.717, 1.165) is 0 Å². The summed E-state index contributed by atoms with van der Waals surface area (Å²) in [6, 6.07) is 0. The van der Waals surface area contributed by atoms with Gasteiger partial charge in [-0.25, -0.2) is 0 Å². The lowest BCUT2D eigenvalue weighted by Gasteiger charge is -2.31. The third-order valence-electron chi connectivity index (χ3n) is 3.72. The van der Waals surface area contributed by atoms with Gasteiger partial charge in [0.2, 0.25) is 0 Å². The second-order valence-corrected chi connectivity index (χ2v) is 5.99. The first-order valence-corrected chi connectivity index (χ1v) is 6.61. The van der Waals surface area contributed by atoms with Crippen LogP contribution in [0.5, 0.6) is 0 Å². The summed E-state index contributed by atoms with van der Waals surface area (Å²) in [5.74, 6) is -1.37. The molecule has 6 heteroatoms. The van der Waals surface area contributed by atoms with Crippen LogP contribution in [0.3, 0.4) is 0 Å². The van der Waals surface area contributed by atoms with Gasteiger partial charge in [-0.2, -0.15) is 0 Å². The van der Waals surface area contributed by atoms with E-state index in [-0.39, 0.29) is 5.78 Å². The molecule has 0 aromatic carbocycles. The Labute approximate surface area is 117 Å². The van der Waals surface area contributed by atoms with E-state index in [1.807, 2.05) is 0 Å². The molecule has 0 bridgehead atoms. The van der Waals surface area contributed by atoms with Crippen LogP contribution in [0.4, 0.5) is 0 Å². The van der Waals surface area contributed by atoms with E-state index in [1.54, 1.807) is 20.8 Å². The third kappa shape index (κ3) is 2.77. The van der Waals surface area contributed by atoms with Gasteiger partial charge in [0.15, 0.2) is 5.78 Å². The molecule has 5 unspecified atom stereocenters. The summed E-state index contributed by atoms with van der Waals surface area (Å²) in [5, 5.41) is 20.2. The molecule has 6 nitrogen and oxygen atoms in total. The summed E-state index contributed by atoms with van der Waals surface area (Å²) >= 11 is 0. The highest BCUT2D eigenvalue weighted by molar-refractivity contribution is 5.94. The van der Waals surface area contributed by atoms with Crippen LogP contribution in [-0.2, 0) is 19.1 Å². The fourth-order valence-electron chi connectivity index (χ4n) is 2.52. The molecule has 112 valence electrons. The fraction of sp³-hybridized carbons (Fsp3) is 0.714. The first-order chi connectivity index (χ1) is 9.12. The zero-order valence-corrected chi connectivity index (χ0v) is 12.0. The standard InChI is InChI=1S/C14H20O6/c1-6-9(16)5-8(10(17)11(6)19-7(2)15)12-13(20-12)14(3,4)18/h5-6,10-13,17-18H,1-4H3. The number of carbonyl (C=O) groups is 2. The number of aliphatic hydroxyl groups is 2. The summed E-state index contributed by atoms with van der Waals surface area (Å²) in [6.45, 7) is 6.03. The number of rotatable bonds is 3. The summed E-state index contributed by atoms with van der Waals surface area (Å²) in [6.07, 6.45) is -1.65. The molecule has 1 aliphatic carbocycles. The van der Waals surface area contributed by atoms with Crippen LogP contribution in [0.2, 0.25) is 0 Å². The minimum atomic E-state index is -1.09. The Morgan fingerprint density at radius 2 is 2.05 bits per heavy atom. The minimum Gasteiger partial charge on any atom is -0.459 e. The molecule has 1 heterocycles. The second kappa shape index (κ2) is 4.95. The van der Waals surface area contributed by atoms with E-state index in [0.29, 0.717) is 5.57 Å². The first kappa shape index (κ1) is 15.2. The van der Waals surface area contributed by atoms with Gasteiger partial charge < -0.3 is 19.7 Å². The van der Waals surface area contributed by atoms with Crippen LogP contribution in [0.1, 0.15) is 27.7 Å². The minimum absolute atomic E-state index is 0.221. The van der Waals surface area contributed by atoms with Crippen molar-refractivity contribution in [2.24, 2.45) is 5.92 Å². The molecule has 0 aromatic rings. The monoisotopic (exact) mass is 284 g/mol. The Morgan fingerprint density at radius 1 is 1.45 bits per heavy atom. The summed E-state index contributed by atoms with van der Waals surface area (Å²) in [5.41, 5.74) is -0.694. The maximum absolute atomic E-state index is 11.9. The molecule has 0 radical (unpaired) electrons. The number of epoxide rings is 1. The van der Waals surface area contributed by atoms with Crippen molar-refractivity contribution in [1.82, 2.24) is 0 Å². The van der Waals surface area contributed by atoms with E-state index in [2.05, 4.69) is 0 Å². The molecule has 2 N–H and O–H groups in total. The average molecular weight is 284 g/mol. The largest absolute Gasteiger partial charge is 0.459 e. The molecule has 0 aromatic heterocycles. The third-order valence-corrected chi connectivity index (χ3v) is 3.72. The van der Waals surface area contributed by atoms with E-state index in [9.17, 15) is 19.8 Å². The lowest BCUT2D eigenvalue weighted by molar-refractivity contribution is -0.157. The number of hydrogen-bond donors (Lipinski definition) is 2. The lowest BCUT2D eigenvalue weighted by Crippen LogP contribution is -2.45. The topological polar surface area (TPSA) is 96.4 Å². The maximum Gasteiger partial charge on any atom is 0.303 e. The SMILES string of the molecule is CC(=O)OC1C(C)C(=O)C=C(C2OC2C(C)(C)O)C1O. The van der Waals surface area contributed by atoms with Crippen molar-refractivity contribution < 1.29 is 29.3 Å². The number of ether oxygens (including phenoxy) is 2. The zero-order valence-electron chi connectivity index (χ0n) is 12.0. The second-order valence-electron chi connectivity index (χ2n) is 5.99. The number of allylic oxidation sites excluding steroid dienone is 1. The Kier molecular flexibility index (Phi) is 3.75. The molecule has 1 saturated heterocycles. The van der Waals surface area contributed by atoms with Gasteiger partial charge in [0.05, 0.1) is 11.5 Å².